The van der Waals surface area contributed by atoms with Crippen molar-refractivity contribution in [1.82, 2.24) is 0 Å². The smallest absolute Gasteiger partial charge is 0.450 e. The van der Waals surface area contributed by atoms with Crippen LogP contribution in [0.3, 0.4) is 0 Å². The second-order valence-corrected chi connectivity index (χ2v) is 9.71. The Morgan fingerprint density at radius 3 is 0.618 bits per heavy atom. The quantitative estimate of drug-likeness (QED) is 0.0886. The Kier molecular flexibility index (Phi) is 26.6. The molecule has 0 rings (SSSR count). The molecule has 0 fully saturated rings. The van der Waals surface area contributed by atoms with Crippen molar-refractivity contribution in [2.75, 3.05) is 13.2 Å². The minimum atomic E-state index is -1.16. The van der Waals surface area contributed by atoms with Gasteiger partial charge in [-0.05, 0) is 12.8 Å². The third kappa shape index (κ3) is 30.5. The van der Waals surface area contributed by atoms with E-state index in [1.807, 2.05) is 0 Å². The first-order valence-electron chi connectivity index (χ1n) is 14.3. The molecule has 6 nitrogen and oxygen atoms in total. The zero-order valence-electron chi connectivity index (χ0n) is 21.9. The number of unbranched alkanes of at least 4 members (excludes halogenated alkanes) is 23. The first-order valence-corrected chi connectivity index (χ1v) is 14.3. The van der Waals surface area contributed by atoms with Crippen LogP contribution in [0.2, 0.25) is 0 Å². The summed E-state index contributed by atoms with van der Waals surface area (Å²) >= 11 is 0. The second kappa shape index (κ2) is 27.8. The van der Waals surface area contributed by atoms with Crippen LogP contribution >= 0.6 is 0 Å². The number of rotatable bonds is 27. The Hall–Kier alpha value is -1.46. The van der Waals surface area contributed by atoms with Gasteiger partial charge < -0.3 is 19.7 Å². The molecule has 0 atom stereocenters. The molecule has 0 radical (unpaired) electrons. The molecule has 0 amide bonds. The molecule has 0 unspecified atom stereocenters. The molecule has 0 aromatic carbocycles. The zero-order chi connectivity index (χ0) is 25.0. The van der Waals surface area contributed by atoms with Gasteiger partial charge in [-0.3, -0.25) is 0 Å². The van der Waals surface area contributed by atoms with Crippen molar-refractivity contribution in [2.24, 2.45) is 0 Å². The molecule has 0 aromatic heterocycles. The monoisotopic (exact) mass is 486 g/mol. The fourth-order valence-corrected chi connectivity index (χ4v) is 4.41. The summed E-state index contributed by atoms with van der Waals surface area (Å²) in [5, 5.41) is 16.8. The third-order valence-corrected chi connectivity index (χ3v) is 6.49. The second-order valence-electron chi connectivity index (χ2n) is 9.71. The number of ether oxygens (including phenoxy) is 2. The van der Waals surface area contributed by atoms with Crippen LogP contribution in [-0.4, -0.2) is 35.7 Å². The van der Waals surface area contributed by atoms with E-state index in [1.165, 1.54) is 128 Å². The summed E-state index contributed by atoms with van der Waals surface area (Å²) < 4.78 is 9.01. The summed E-state index contributed by atoms with van der Waals surface area (Å²) in [6, 6.07) is 0. The van der Waals surface area contributed by atoms with Crippen LogP contribution in [0, 0.1) is 0 Å². The number of hydrogen-bond acceptors (Lipinski definition) is 4. The molecule has 0 saturated heterocycles. The van der Waals surface area contributed by atoms with E-state index in [0.29, 0.717) is 13.2 Å². The van der Waals surface area contributed by atoms with Crippen LogP contribution in [0.4, 0.5) is 9.59 Å². The van der Waals surface area contributed by atoms with Crippen molar-refractivity contribution in [3.63, 3.8) is 0 Å². The Labute approximate surface area is 209 Å². The predicted octanol–water partition coefficient (Wildman–Crippen LogP) is 9.74. The van der Waals surface area contributed by atoms with E-state index in [0.717, 1.165) is 25.7 Å². The molecular weight excluding hydrogens is 432 g/mol. The van der Waals surface area contributed by atoms with Crippen LogP contribution in [0.1, 0.15) is 154 Å². The van der Waals surface area contributed by atoms with Crippen molar-refractivity contribution >= 4 is 12.3 Å². The Bertz CT molecular complexity index is 401. The molecule has 34 heavy (non-hydrogen) atoms. The van der Waals surface area contributed by atoms with Crippen LogP contribution < -0.4 is 0 Å². The summed E-state index contributed by atoms with van der Waals surface area (Å²) in [6.07, 6.45) is 28.4. The van der Waals surface area contributed by atoms with E-state index in [1.54, 1.807) is 0 Å². The third-order valence-electron chi connectivity index (χ3n) is 6.49. The van der Waals surface area contributed by atoms with Crippen LogP contribution in [0.5, 0.6) is 0 Å². The van der Waals surface area contributed by atoms with E-state index in [-0.39, 0.29) is 0 Å². The Balaban J connectivity index is 3.03. The minimum Gasteiger partial charge on any atom is -0.450 e. The highest BCUT2D eigenvalue weighted by Gasteiger charge is 1.98. The summed E-state index contributed by atoms with van der Waals surface area (Å²) in [6.45, 7) is 0.683. The number of carbonyl (C=O) groups is 2. The average Bonchev–Trinajstić information content (AvgIpc) is 2.80. The van der Waals surface area contributed by atoms with Crippen LogP contribution in [0.15, 0.2) is 0 Å². The lowest BCUT2D eigenvalue weighted by Gasteiger charge is -2.04. The van der Waals surface area contributed by atoms with Crippen LogP contribution in [0.25, 0.3) is 0 Å². The van der Waals surface area contributed by atoms with Crippen molar-refractivity contribution in [2.45, 2.75) is 154 Å². The van der Waals surface area contributed by atoms with Crippen molar-refractivity contribution in [3.8, 4) is 0 Å². The maximum Gasteiger partial charge on any atom is 0.505 e. The first kappa shape index (κ1) is 32.5. The van der Waals surface area contributed by atoms with Gasteiger partial charge in [0.05, 0.1) is 13.2 Å². The molecular formula is C28H54O6. The highest BCUT2D eigenvalue weighted by atomic mass is 16.7. The summed E-state index contributed by atoms with van der Waals surface area (Å²) in [4.78, 5) is 20.4. The highest BCUT2D eigenvalue weighted by molar-refractivity contribution is 5.56. The summed E-state index contributed by atoms with van der Waals surface area (Å²) in [7, 11) is 0. The SMILES string of the molecule is O=C(O)OCCCCCCCCCCCCCCCCCCCCCCCCCCOC(=O)O. The van der Waals surface area contributed by atoms with Gasteiger partial charge in [-0.15, -0.1) is 0 Å². The fraction of sp³-hybridized carbons (Fsp3) is 0.929. The topological polar surface area (TPSA) is 93.1 Å². The minimum absolute atomic E-state index is 0.342. The maximum atomic E-state index is 10.2. The van der Waals surface area contributed by atoms with Crippen LogP contribution in [-0.2, 0) is 9.47 Å². The van der Waals surface area contributed by atoms with Gasteiger partial charge in [0, 0.05) is 0 Å². The largest absolute Gasteiger partial charge is 0.505 e. The summed E-state index contributed by atoms with van der Waals surface area (Å²) in [5.41, 5.74) is 0. The normalized spacial score (nSPS) is 10.9. The van der Waals surface area contributed by atoms with E-state index in [2.05, 4.69) is 9.47 Å². The van der Waals surface area contributed by atoms with Gasteiger partial charge in [-0.25, -0.2) is 9.59 Å². The van der Waals surface area contributed by atoms with Gasteiger partial charge >= 0.3 is 12.3 Å². The molecule has 2 N–H and O–H groups in total. The lowest BCUT2D eigenvalue weighted by molar-refractivity contribution is 0.0887. The zero-order valence-corrected chi connectivity index (χ0v) is 21.9. The molecule has 0 bridgehead atoms. The van der Waals surface area contributed by atoms with Gasteiger partial charge in [0.15, 0.2) is 0 Å². The van der Waals surface area contributed by atoms with Crippen molar-refractivity contribution in [1.29, 1.82) is 0 Å². The molecule has 0 aliphatic carbocycles. The average molecular weight is 487 g/mol. The number of hydrogen-bond donors (Lipinski definition) is 2. The molecule has 202 valence electrons. The predicted molar refractivity (Wildman–Crippen MR) is 139 cm³/mol. The molecule has 0 aromatic rings. The first-order chi connectivity index (χ1) is 16.6. The van der Waals surface area contributed by atoms with Gasteiger partial charge in [-0.1, -0.05) is 141 Å². The van der Waals surface area contributed by atoms with Crippen molar-refractivity contribution < 1.29 is 29.3 Å². The standard InChI is InChI=1S/C28H54O6/c29-27(30)33-25-23-21-19-17-15-13-11-9-7-5-3-1-2-4-6-8-10-12-14-16-18-20-22-24-26-34-28(31)32/h1-26H2,(H,29,30)(H,31,32). The molecule has 6 heteroatoms. The van der Waals surface area contributed by atoms with E-state index >= 15 is 0 Å². The molecule has 0 heterocycles. The van der Waals surface area contributed by atoms with Gasteiger partial charge in [0.2, 0.25) is 0 Å². The van der Waals surface area contributed by atoms with Crippen molar-refractivity contribution in [3.05, 3.63) is 0 Å². The Morgan fingerprint density at radius 1 is 0.324 bits per heavy atom. The highest BCUT2D eigenvalue weighted by Crippen LogP contribution is 2.15. The van der Waals surface area contributed by atoms with E-state index in [4.69, 9.17) is 10.2 Å². The van der Waals surface area contributed by atoms with E-state index < -0.39 is 12.3 Å². The summed E-state index contributed by atoms with van der Waals surface area (Å²) in [5.74, 6) is 0. The fourth-order valence-electron chi connectivity index (χ4n) is 4.41. The molecule has 0 saturated carbocycles. The lowest BCUT2D eigenvalue weighted by Crippen LogP contribution is -2.01. The molecule has 0 aliphatic rings. The lowest BCUT2D eigenvalue weighted by atomic mass is 10.0. The van der Waals surface area contributed by atoms with Gasteiger partial charge in [-0.2, -0.15) is 0 Å². The number of carboxylic acid groups (broad SMARTS) is 2. The van der Waals surface area contributed by atoms with E-state index in [9.17, 15) is 9.59 Å². The maximum absolute atomic E-state index is 10.2. The molecule has 0 aliphatic heterocycles. The van der Waals surface area contributed by atoms with Gasteiger partial charge in [0.1, 0.15) is 0 Å². The Morgan fingerprint density at radius 2 is 0.471 bits per heavy atom. The molecule has 0 spiro atoms. The van der Waals surface area contributed by atoms with Gasteiger partial charge in [0.25, 0.3) is 0 Å².